The number of anilines is 1. The summed E-state index contributed by atoms with van der Waals surface area (Å²) in [6.45, 7) is 2.16. The molecular formula is C10H14ClN3O3S. The van der Waals surface area contributed by atoms with Gasteiger partial charge in [0.05, 0.1) is 19.2 Å². The maximum Gasteiger partial charge on any atom is 0.321 e. The van der Waals surface area contributed by atoms with Crippen LogP contribution in [0.5, 0.6) is 0 Å². The molecule has 0 atom stereocenters. The highest BCUT2D eigenvalue weighted by atomic mass is 35.5. The zero-order chi connectivity index (χ0) is 13.5. The van der Waals surface area contributed by atoms with Gasteiger partial charge in [-0.15, -0.1) is 22.9 Å². The van der Waals surface area contributed by atoms with Gasteiger partial charge in [-0.2, -0.15) is 0 Å². The highest BCUT2D eigenvalue weighted by Gasteiger charge is 2.13. The first-order chi connectivity index (χ1) is 8.56. The van der Waals surface area contributed by atoms with Crippen molar-refractivity contribution in [3.8, 4) is 0 Å². The molecule has 0 unspecified atom stereocenters. The Hall–Kier alpha value is -1.34. The number of nitrogens with zero attached hydrogens (tertiary/aromatic N) is 1. The number of hydrogen-bond donors (Lipinski definition) is 2. The molecule has 100 valence electrons. The normalized spacial score (nSPS) is 9.94. The molecule has 0 spiro atoms. The van der Waals surface area contributed by atoms with E-state index in [1.54, 1.807) is 6.92 Å². The van der Waals surface area contributed by atoms with Crippen LogP contribution in [0, 0.1) is 6.92 Å². The Morgan fingerprint density at radius 1 is 1.50 bits per heavy atom. The third-order valence-corrected chi connectivity index (χ3v) is 3.29. The minimum atomic E-state index is -0.367. The van der Waals surface area contributed by atoms with Crippen molar-refractivity contribution in [1.82, 2.24) is 10.3 Å². The number of rotatable bonds is 5. The molecule has 2 N–H and O–H groups in total. The fraction of sp³-hybridized carbons (Fsp3) is 0.500. The van der Waals surface area contributed by atoms with Crippen LogP contribution in [0.15, 0.2) is 0 Å². The lowest BCUT2D eigenvalue weighted by atomic mass is 10.3. The largest absolute Gasteiger partial charge is 0.469 e. The summed E-state index contributed by atoms with van der Waals surface area (Å²) in [5.74, 6) is 0.0117. The van der Waals surface area contributed by atoms with Crippen molar-refractivity contribution in [2.75, 3.05) is 24.9 Å². The maximum atomic E-state index is 11.4. The van der Waals surface area contributed by atoms with Crippen LogP contribution in [-0.4, -0.2) is 36.5 Å². The standard InChI is InChI=1S/C10H14ClN3O3S/c1-6-7(5-8(15)17-2)18-10(13-6)14-9(16)12-4-3-11/h3-5H2,1-2H3,(H2,12,13,14,16). The number of alkyl halides is 1. The minimum absolute atomic E-state index is 0.158. The van der Waals surface area contributed by atoms with Gasteiger partial charge in [-0.25, -0.2) is 9.78 Å². The van der Waals surface area contributed by atoms with E-state index in [0.29, 0.717) is 23.3 Å². The summed E-state index contributed by atoms with van der Waals surface area (Å²) in [5, 5.41) is 5.57. The lowest BCUT2D eigenvalue weighted by molar-refractivity contribution is -0.139. The van der Waals surface area contributed by atoms with Crippen molar-refractivity contribution >= 4 is 40.1 Å². The lowest BCUT2D eigenvalue weighted by Gasteiger charge is -2.01. The topological polar surface area (TPSA) is 80.3 Å². The SMILES string of the molecule is COC(=O)Cc1sc(NC(=O)NCCCl)nc1C. The Bertz CT molecular complexity index is 436. The smallest absolute Gasteiger partial charge is 0.321 e. The average Bonchev–Trinajstić information content (AvgIpc) is 2.66. The minimum Gasteiger partial charge on any atom is -0.469 e. The lowest BCUT2D eigenvalue weighted by Crippen LogP contribution is -2.30. The second-order valence-corrected chi connectivity index (χ2v) is 4.81. The molecule has 0 aliphatic carbocycles. The van der Waals surface area contributed by atoms with Crippen LogP contribution in [0.1, 0.15) is 10.6 Å². The summed E-state index contributed by atoms with van der Waals surface area (Å²) in [4.78, 5) is 27.4. The first-order valence-electron chi connectivity index (χ1n) is 5.20. The molecule has 0 aliphatic rings. The van der Waals surface area contributed by atoms with Crippen LogP contribution in [0.2, 0.25) is 0 Å². The highest BCUT2D eigenvalue weighted by molar-refractivity contribution is 7.16. The van der Waals surface area contributed by atoms with Crippen molar-refractivity contribution in [3.05, 3.63) is 10.6 Å². The predicted molar refractivity (Wildman–Crippen MR) is 70.3 cm³/mol. The first kappa shape index (κ1) is 14.7. The zero-order valence-electron chi connectivity index (χ0n) is 10.1. The number of thiazole rings is 1. The number of carbonyl (C=O) groups excluding carboxylic acids is 2. The van der Waals surface area contributed by atoms with Gasteiger partial charge >= 0.3 is 12.0 Å². The van der Waals surface area contributed by atoms with Gasteiger partial charge in [0.25, 0.3) is 0 Å². The fourth-order valence-electron chi connectivity index (χ4n) is 1.15. The molecular weight excluding hydrogens is 278 g/mol. The van der Waals surface area contributed by atoms with Gasteiger partial charge in [0.1, 0.15) is 0 Å². The maximum absolute atomic E-state index is 11.4. The van der Waals surface area contributed by atoms with Crippen molar-refractivity contribution in [2.24, 2.45) is 0 Å². The van der Waals surface area contributed by atoms with Gasteiger partial charge in [-0.3, -0.25) is 10.1 Å². The number of amides is 2. The summed E-state index contributed by atoms with van der Waals surface area (Å²) in [7, 11) is 1.33. The van der Waals surface area contributed by atoms with Gasteiger partial charge in [0.15, 0.2) is 5.13 Å². The van der Waals surface area contributed by atoms with Gasteiger partial charge in [0, 0.05) is 17.3 Å². The van der Waals surface area contributed by atoms with E-state index >= 15 is 0 Å². The molecule has 0 bridgehead atoms. The van der Waals surface area contributed by atoms with Crippen molar-refractivity contribution in [3.63, 3.8) is 0 Å². The summed E-state index contributed by atoms with van der Waals surface area (Å²) in [6.07, 6.45) is 0.158. The Labute approximate surface area is 114 Å². The number of urea groups is 1. The van der Waals surface area contributed by atoms with E-state index in [4.69, 9.17) is 11.6 Å². The second kappa shape index (κ2) is 7.17. The molecule has 0 radical (unpaired) electrons. The number of esters is 1. The van der Waals surface area contributed by atoms with Crippen molar-refractivity contribution in [2.45, 2.75) is 13.3 Å². The van der Waals surface area contributed by atoms with Crippen LogP contribution in [0.25, 0.3) is 0 Å². The quantitative estimate of drug-likeness (QED) is 0.637. The number of methoxy groups -OCH3 is 1. The molecule has 0 aromatic carbocycles. The number of carbonyl (C=O) groups is 2. The Balaban J connectivity index is 2.60. The Morgan fingerprint density at radius 2 is 2.22 bits per heavy atom. The van der Waals surface area contributed by atoms with E-state index in [1.165, 1.54) is 18.4 Å². The molecule has 0 fully saturated rings. The molecule has 1 heterocycles. The number of halogens is 1. The Morgan fingerprint density at radius 3 is 2.83 bits per heavy atom. The van der Waals surface area contributed by atoms with Crippen LogP contribution in [-0.2, 0) is 16.0 Å². The third-order valence-electron chi connectivity index (χ3n) is 2.03. The molecule has 6 nitrogen and oxygen atoms in total. The summed E-state index contributed by atoms with van der Waals surface area (Å²) >= 11 is 6.69. The highest BCUT2D eigenvalue weighted by Crippen LogP contribution is 2.23. The van der Waals surface area contributed by atoms with E-state index in [0.717, 1.165) is 4.88 Å². The molecule has 2 amide bonds. The molecule has 8 heteroatoms. The number of nitrogens with one attached hydrogen (secondary N) is 2. The van der Waals surface area contributed by atoms with E-state index in [-0.39, 0.29) is 18.4 Å². The number of ether oxygens (including phenoxy) is 1. The average molecular weight is 292 g/mol. The zero-order valence-corrected chi connectivity index (χ0v) is 11.7. The van der Waals surface area contributed by atoms with E-state index in [9.17, 15) is 9.59 Å². The van der Waals surface area contributed by atoms with Crippen LogP contribution in [0.4, 0.5) is 9.93 Å². The third kappa shape index (κ3) is 4.50. The molecule has 0 saturated heterocycles. The summed E-state index contributed by atoms with van der Waals surface area (Å²) in [5.41, 5.74) is 0.707. The molecule has 18 heavy (non-hydrogen) atoms. The van der Waals surface area contributed by atoms with Gasteiger partial charge in [-0.1, -0.05) is 0 Å². The van der Waals surface area contributed by atoms with Crippen LogP contribution in [0.3, 0.4) is 0 Å². The van der Waals surface area contributed by atoms with E-state index in [1.807, 2.05) is 0 Å². The van der Waals surface area contributed by atoms with Gasteiger partial charge in [0.2, 0.25) is 0 Å². The number of aryl methyl sites for hydroxylation is 1. The molecule has 1 aromatic rings. The first-order valence-corrected chi connectivity index (χ1v) is 6.56. The monoisotopic (exact) mass is 291 g/mol. The summed E-state index contributed by atoms with van der Waals surface area (Å²) in [6, 6.07) is -0.367. The predicted octanol–water partition coefficient (Wildman–Crippen LogP) is 1.53. The van der Waals surface area contributed by atoms with Crippen molar-refractivity contribution < 1.29 is 14.3 Å². The van der Waals surface area contributed by atoms with Crippen LogP contribution >= 0.6 is 22.9 Å². The second-order valence-electron chi connectivity index (χ2n) is 3.35. The van der Waals surface area contributed by atoms with Crippen molar-refractivity contribution in [1.29, 1.82) is 0 Å². The van der Waals surface area contributed by atoms with Gasteiger partial charge < -0.3 is 10.1 Å². The molecule has 1 aromatic heterocycles. The van der Waals surface area contributed by atoms with E-state index in [2.05, 4.69) is 20.4 Å². The van der Waals surface area contributed by atoms with E-state index < -0.39 is 0 Å². The van der Waals surface area contributed by atoms with Crippen LogP contribution < -0.4 is 10.6 Å². The fourth-order valence-corrected chi connectivity index (χ4v) is 2.19. The molecule has 1 rings (SSSR count). The molecule has 0 aliphatic heterocycles. The number of hydrogen-bond acceptors (Lipinski definition) is 5. The molecule has 0 saturated carbocycles. The summed E-state index contributed by atoms with van der Waals surface area (Å²) < 4.78 is 4.58. The number of aromatic nitrogens is 1. The van der Waals surface area contributed by atoms with Gasteiger partial charge in [-0.05, 0) is 6.92 Å². The Kier molecular flexibility index (Phi) is 5.87.